The number of rotatable bonds is 3. The number of hydrogen-bond donors (Lipinski definition) is 3. The van der Waals surface area contributed by atoms with E-state index in [0.29, 0.717) is 6.54 Å². The van der Waals surface area contributed by atoms with Crippen LogP contribution in [0.15, 0.2) is 24.5 Å². The molecular formula is C11H14N5O2+. The summed E-state index contributed by atoms with van der Waals surface area (Å²) in [5.74, 6) is -1.10. The zero-order valence-electron chi connectivity index (χ0n) is 9.67. The average molecular weight is 248 g/mol. The average Bonchev–Trinajstić information content (AvgIpc) is 2.33. The third-order valence-corrected chi connectivity index (χ3v) is 2.76. The molecule has 3 amide bonds. The van der Waals surface area contributed by atoms with Crippen molar-refractivity contribution in [3.8, 4) is 0 Å². The lowest BCUT2D eigenvalue weighted by Crippen LogP contribution is -2.63. The summed E-state index contributed by atoms with van der Waals surface area (Å²) in [6.07, 6.45) is 3.28. The summed E-state index contributed by atoms with van der Waals surface area (Å²) in [6, 6.07) is 3.16. The van der Waals surface area contributed by atoms with Crippen molar-refractivity contribution in [3.05, 3.63) is 30.1 Å². The van der Waals surface area contributed by atoms with E-state index in [0.717, 1.165) is 5.56 Å². The number of urea groups is 1. The van der Waals surface area contributed by atoms with Gasteiger partial charge in [-0.05, 0) is 17.7 Å². The van der Waals surface area contributed by atoms with Crippen molar-refractivity contribution in [2.45, 2.75) is 6.54 Å². The lowest BCUT2D eigenvalue weighted by Gasteiger charge is -2.30. The van der Waals surface area contributed by atoms with Crippen LogP contribution in [0, 0.1) is 5.92 Å². The summed E-state index contributed by atoms with van der Waals surface area (Å²) in [5.41, 5.74) is 6.36. The molecule has 1 aromatic heterocycles. The molecule has 1 aliphatic heterocycles. The fraction of sp³-hybridized carbons (Fsp3) is 0.273. The maximum Gasteiger partial charge on any atom is 0.324 e. The Hall–Kier alpha value is -2.44. The maximum atomic E-state index is 11.7. The Morgan fingerprint density at radius 3 is 2.78 bits per heavy atom. The van der Waals surface area contributed by atoms with Crippen LogP contribution >= 0.6 is 0 Å². The number of amidine groups is 1. The van der Waals surface area contributed by atoms with Gasteiger partial charge in [0, 0.05) is 25.5 Å². The van der Waals surface area contributed by atoms with E-state index in [1.165, 1.54) is 4.90 Å². The molecular weight excluding hydrogens is 234 g/mol. The molecule has 1 aliphatic rings. The molecule has 5 N–H and O–H groups in total. The number of hydrogen-bond acceptors (Lipinski definition) is 3. The summed E-state index contributed by atoms with van der Waals surface area (Å²) in [5, 5.41) is 7.68. The number of carbonyl (C=O) groups excluding carboxylic acids is 2. The molecule has 0 saturated carbocycles. The lowest BCUT2D eigenvalue weighted by molar-refractivity contribution is -0.134. The molecule has 7 nitrogen and oxygen atoms in total. The molecule has 1 saturated heterocycles. The first-order chi connectivity index (χ1) is 8.58. The molecule has 0 bridgehead atoms. The van der Waals surface area contributed by atoms with Crippen molar-refractivity contribution in [1.82, 2.24) is 15.2 Å². The fourth-order valence-electron chi connectivity index (χ4n) is 1.76. The molecule has 1 aromatic rings. The minimum atomic E-state index is -0.662. The molecule has 0 aliphatic carbocycles. The monoisotopic (exact) mass is 248 g/mol. The van der Waals surface area contributed by atoms with Crippen LogP contribution in [0.25, 0.3) is 0 Å². The van der Waals surface area contributed by atoms with Crippen molar-refractivity contribution < 1.29 is 15.0 Å². The van der Waals surface area contributed by atoms with Crippen molar-refractivity contribution in [2.24, 2.45) is 11.7 Å². The predicted molar refractivity (Wildman–Crippen MR) is 62.8 cm³/mol. The van der Waals surface area contributed by atoms with Gasteiger partial charge >= 0.3 is 6.03 Å². The first kappa shape index (κ1) is 12.0. The second-order valence-electron chi connectivity index (χ2n) is 4.08. The topological polar surface area (TPSA) is 114 Å². The third-order valence-electron chi connectivity index (χ3n) is 2.76. The zero-order chi connectivity index (χ0) is 13.1. The Kier molecular flexibility index (Phi) is 3.22. The van der Waals surface area contributed by atoms with Gasteiger partial charge < -0.3 is 4.90 Å². The summed E-state index contributed by atoms with van der Waals surface area (Å²) in [4.78, 5) is 28.5. The van der Waals surface area contributed by atoms with Crippen LogP contribution in [0.3, 0.4) is 0 Å². The number of amides is 3. The number of imide groups is 1. The fourth-order valence-corrected chi connectivity index (χ4v) is 1.76. The molecule has 94 valence electrons. The van der Waals surface area contributed by atoms with E-state index < -0.39 is 17.9 Å². The normalized spacial score (nSPS) is 19.6. The number of nitrogens with zero attached hydrogens (tertiary/aromatic N) is 2. The largest absolute Gasteiger partial charge is 0.324 e. The second-order valence-corrected chi connectivity index (χ2v) is 4.08. The van der Waals surface area contributed by atoms with Gasteiger partial charge in [0.1, 0.15) is 0 Å². The first-order valence-corrected chi connectivity index (χ1v) is 5.44. The Balaban J connectivity index is 2.10. The molecule has 0 radical (unpaired) electrons. The van der Waals surface area contributed by atoms with Crippen LogP contribution in [0.5, 0.6) is 0 Å². The minimum Gasteiger partial charge on any atom is -0.319 e. The van der Waals surface area contributed by atoms with Crippen LogP contribution in [-0.2, 0) is 11.3 Å². The maximum absolute atomic E-state index is 11.7. The van der Waals surface area contributed by atoms with Gasteiger partial charge in [-0.2, -0.15) is 0 Å². The van der Waals surface area contributed by atoms with E-state index >= 15 is 0 Å². The minimum absolute atomic E-state index is 0.0136. The number of nitrogens with one attached hydrogen (secondary N) is 1. The standard InChI is InChI=1S/C11H13N5O2/c12-9(13)8-6-16(11(18)15-10(8)17)5-7-1-3-14-4-2-7/h1-4,8H,5-6H2,(H3,12,13)(H,15,17,18)/p+1/t8-/m0/s1. The zero-order valence-corrected chi connectivity index (χ0v) is 9.67. The summed E-state index contributed by atoms with van der Waals surface area (Å²) >= 11 is 0. The Morgan fingerprint density at radius 2 is 2.17 bits per heavy atom. The highest BCUT2D eigenvalue weighted by Gasteiger charge is 2.36. The quantitative estimate of drug-likeness (QED) is 0.418. The van der Waals surface area contributed by atoms with Crippen molar-refractivity contribution in [1.29, 1.82) is 0 Å². The number of nitrogens with two attached hydrogens (primary N) is 2. The van der Waals surface area contributed by atoms with Crippen molar-refractivity contribution in [2.75, 3.05) is 6.54 Å². The van der Waals surface area contributed by atoms with E-state index in [2.05, 4.69) is 10.3 Å². The molecule has 0 aromatic carbocycles. The van der Waals surface area contributed by atoms with Crippen LogP contribution in [0.2, 0.25) is 0 Å². The molecule has 1 fully saturated rings. The molecule has 7 heteroatoms. The first-order valence-electron chi connectivity index (χ1n) is 5.44. The molecule has 0 unspecified atom stereocenters. The summed E-state index contributed by atoms with van der Waals surface area (Å²) < 4.78 is 0. The van der Waals surface area contributed by atoms with E-state index in [4.69, 9.17) is 11.1 Å². The smallest absolute Gasteiger partial charge is 0.319 e. The van der Waals surface area contributed by atoms with E-state index in [9.17, 15) is 9.59 Å². The predicted octanol–water partition coefficient (Wildman–Crippen LogP) is -2.13. The molecule has 18 heavy (non-hydrogen) atoms. The van der Waals surface area contributed by atoms with E-state index in [-0.39, 0.29) is 12.4 Å². The van der Waals surface area contributed by atoms with Gasteiger partial charge in [0.05, 0.1) is 0 Å². The van der Waals surface area contributed by atoms with E-state index in [1.807, 2.05) is 0 Å². The van der Waals surface area contributed by atoms with Crippen LogP contribution in [-0.4, -0.2) is 34.2 Å². The molecule has 0 spiro atoms. The van der Waals surface area contributed by atoms with Gasteiger partial charge in [-0.15, -0.1) is 0 Å². The van der Waals surface area contributed by atoms with Gasteiger partial charge in [-0.25, -0.2) is 4.79 Å². The number of aromatic nitrogens is 1. The molecule has 2 rings (SSSR count). The SMILES string of the molecule is NC(=[NH2+])[C@@H]1CN(Cc2ccncc2)C(=O)NC1=O. The van der Waals surface area contributed by atoms with Crippen LogP contribution in [0.1, 0.15) is 5.56 Å². The Bertz CT molecular complexity index is 487. The van der Waals surface area contributed by atoms with Crippen LogP contribution in [0.4, 0.5) is 4.79 Å². The highest BCUT2D eigenvalue weighted by Crippen LogP contribution is 2.11. The van der Waals surface area contributed by atoms with Gasteiger partial charge in [0.25, 0.3) is 5.84 Å². The molecule has 1 atom stereocenters. The molecule has 2 heterocycles. The van der Waals surface area contributed by atoms with Gasteiger partial charge in [-0.3, -0.25) is 26.2 Å². The van der Waals surface area contributed by atoms with Crippen molar-refractivity contribution in [3.63, 3.8) is 0 Å². The third kappa shape index (κ3) is 2.45. The lowest BCUT2D eigenvalue weighted by atomic mass is 10.0. The highest BCUT2D eigenvalue weighted by molar-refractivity contribution is 6.08. The van der Waals surface area contributed by atoms with Gasteiger partial charge in [-0.1, -0.05) is 0 Å². The number of pyridine rings is 1. The Morgan fingerprint density at radius 1 is 1.50 bits per heavy atom. The summed E-state index contributed by atoms with van der Waals surface area (Å²) in [6.45, 7) is 0.570. The van der Waals surface area contributed by atoms with E-state index in [1.54, 1.807) is 24.5 Å². The highest BCUT2D eigenvalue weighted by atomic mass is 16.2. The number of carbonyl (C=O) groups is 2. The van der Waals surface area contributed by atoms with Crippen molar-refractivity contribution >= 4 is 17.8 Å². The second kappa shape index (κ2) is 4.82. The summed E-state index contributed by atoms with van der Waals surface area (Å²) in [7, 11) is 0. The van der Waals surface area contributed by atoms with Crippen LogP contribution < -0.4 is 16.5 Å². The van der Waals surface area contributed by atoms with Gasteiger partial charge in [0.15, 0.2) is 5.92 Å². The Labute approximate surface area is 103 Å². The van der Waals surface area contributed by atoms with Gasteiger partial charge in [0.2, 0.25) is 5.91 Å².